The van der Waals surface area contributed by atoms with Crippen molar-refractivity contribution in [3.8, 4) is 22.8 Å². The zero-order valence-corrected chi connectivity index (χ0v) is 21.8. The lowest BCUT2D eigenvalue weighted by atomic mass is 9.96. The molecule has 1 saturated carbocycles. The summed E-state index contributed by atoms with van der Waals surface area (Å²) in [6.45, 7) is 2.66. The predicted octanol–water partition coefficient (Wildman–Crippen LogP) is 6.52. The molecule has 2 atom stereocenters. The zero-order valence-electron chi connectivity index (χ0n) is 21.8. The molecule has 0 bridgehead atoms. The van der Waals surface area contributed by atoms with Crippen LogP contribution in [-0.4, -0.2) is 33.9 Å². The maximum absolute atomic E-state index is 15.0. The molecule has 2 aliphatic carbocycles. The van der Waals surface area contributed by atoms with E-state index < -0.39 is 34.5 Å². The first-order chi connectivity index (χ1) is 18.8. The normalized spacial score (nSPS) is 17.3. The van der Waals surface area contributed by atoms with Crippen molar-refractivity contribution in [1.29, 1.82) is 0 Å². The van der Waals surface area contributed by atoms with E-state index in [9.17, 15) is 27.1 Å². The molecule has 11 heteroatoms. The van der Waals surface area contributed by atoms with E-state index in [2.05, 4.69) is 4.98 Å². The Labute approximate surface area is 227 Å². The highest BCUT2D eigenvalue weighted by molar-refractivity contribution is 5.70. The second-order valence-corrected chi connectivity index (χ2v) is 10.5. The van der Waals surface area contributed by atoms with Crippen LogP contribution in [0, 0.1) is 17.6 Å². The number of hydrogen-bond acceptors (Lipinski definition) is 5. The number of aliphatic hydroxyl groups is 1. The molecule has 0 aliphatic heterocycles. The molecule has 5 rings (SSSR count). The van der Waals surface area contributed by atoms with Crippen molar-refractivity contribution < 1.29 is 46.4 Å². The van der Waals surface area contributed by atoms with Crippen LogP contribution in [0.25, 0.3) is 11.1 Å². The van der Waals surface area contributed by atoms with Gasteiger partial charge >= 0.3 is 6.18 Å². The van der Waals surface area contributed by atoms with E-state index in [1.807, 2.05) is 0 Å². The van der Waals surface area contributed by atoms with E-state index in [1.165, 1.54) is 18.1 Å². The van der Waals surface area contributed by atoms with Crippen LogP contribution < -0.4 is 9.47 Å². The predicted molar refractivity (Wildman–Crippen MR) is 135 cm³/mol. The van der Waals surface area contributed by atoms with Crippen LogP contribution in [0.4, 0.5) is 22.0 Å². The zero-order chi connectivity index (χ0) is 29.2. The fourth-order valence-corrected chi connectivity index (χ4v) is 4.77. The van der Waals surface area contributed by atoms with E-state index >= 15 is 0 Å². The van der Waals surface area contributed by atoms with Crippen LogP contribution in [0.1, 0.15) is 54.9 Å². The summed E-state index contributed by atoms with van der Waals surface area (Å²) < 4.78 is 82.0. The van der Waals surface area contributed by atoms with Gasteiger partial charge in [0, 0.05) is 35.9 Å². The Hall–Kier alpha value is -3.73. The number of alkyl halides is 3. The summed E-state index contributed by atoms with van der Waals surface area (Å²) in [5.41, 5.74) is -0.956. The number of ether oxygens (including phenoxy) is 2. The summed E-state index contributed by atoms with van der Waals surface area (Å²) in [5.74, 6) is -0.492. The van der Waals surface area contributed by atoms with Gasteiger partial charge in [0.25, 0.3) is 6.47 Å². The van der Waals surface area contributed by atoms with E-state index in [0.717, 1.165) is 30.2 Å². The van der Waals surface area contributed by atoms with Crippen LogP contribution in [0.3, 0.4) is 0 Å². The Morgan fingerprint density at radius 1 is 1.05 bits per heavy atom. The number of hydrogen-bond donors (Lipinski definition) is 2. The lowest BCUT2D eigenvalue weighted by Crippen LogP contribution is -2.21. The van der Waals surface area contributed by atoms with Gasteiger partial charge in [-0.15, -0.1) is 0 Å². The number of benzene rings is 2. The fraction of sp³-hybridized carbons (Fsp3) is 0.379. The van der Waals surface area contributed by atoms with Crippen LogP contribution >= 0.6 is 0 Å². The number of pyridine rings is 1. The highest BCUT2D eigenvalue weighted by atomic mass is 19.4. The Kier molecular flexibility index (Phi) is 8.34. The van der Waals surface area contributed by atoms with E-state index in [1.54, 1.807) is 26.1 Å². The third-order valence-corrected chi connectivity index (χ3v) is 6.88. The average molecular weight is 566 g/mol. The molecule has 3 aromatic rings. The highest BCUT2D eigenvalue weighted by Gasteiger charge is 2.45. The SMILES string of the molecule is CC(C)(O)CCOc1ccc(-c2cc(COc3cc4c(cn3)C3CC3C4)c(F)cc2C(F)(F)F)c(F)c1.O=CO. The number of carbonyl (C=O) groups is 1. The van der Waals surface area contributed by atoms with Crippen molar-refractivity contribution in [3.63, 3.8) is 0 Å². The monoisotopic (exact) mass is 565 g/mol. The second-order valence-electron chi connectivity index (χ2n) is 10.5. The maximum Gasteiger partial charge on any atom is 0.417 e. The quantitative estimate of drug-likeness (QED) is 0.239. The molecule has 0 radical (unpaired) electrons. The molecule has 0 spiro atoms. The van der Waals surface area contributed by atoms with Crippen molar-refractivity contribution in [2.45, 2.75) is 57.4 Å². The third kappa shape index (κ3) is 6.88. The third-order valence-electron chi connectivity index (χ3n) is 6.88. The average Bonchev–Trinajstić information content (AvgIpc) is 3.53. The van der Waals surface area contributed by atoms with Gasteiger partial charge in [-0.25, -0.2) is 13.8 Å². The largest absolute Gasteiger partial charge is 0.493 e. The number of aromatic nitrogens is 1. The van der Waals surface area contributed by atoms with E-state index in [-0.39, 0.29) is 48.9 Å². The van der Waals surface area contributed by atoms with Gasteiger partial charge in [-0.2, -0.15) is 13.2 Å². The molecule has 1 aromatic heterocycles. The number of nitrogens with zero attached hydrogens (tertiary/aromatic N) is 1. The van der Waals surface area contributed by atoms with Gasteiger partial charge in [0.1, 0.15) is 24.0 Å². The van der Waals surface area contributed by atoms with Gasteiger partial charge in [-0.1, -0.05) is 0 Å². The number of carboxylic acid groups (broad SMARTS) is 1. The number of halogens is 5. The topological polar surface area (TPSA) is 88.9 Å². The standard InChI is InChI=1S/C28H26F5NO3.CH2O2/c1-27(2,35)5-6-36-18-3-4-19(25(30)11-18)21-9-17(24(29)12-23(21)28(31,32)33)14-37-26-10-16-7-15-8-20(15)22(16)13-34-26;2-1-3/h3-4,9-13,15,20,35H,5-8,14H2,1-2H3;1H,(H,2,3). The Morgan fingerprint density at radius 3 is 2.42 bits per heavy atom. The van der Waals surface area contributed by atoms with E-state index in [4.69, 9.17) is 19.4 Å². The molecule has 1 fully saturated rings. The lowest BCUT2D eigenvalue weighted by molar-refractivity contribution is -0.137. The molecule has 0 amide bonds. The van der Waals surface area contributed by atoms with Gasteiger partial charge in [-0.05, 0) is 79.5 Å². The lowest BCUT2D eigenvalue weighted by Gasteiger charge is -2.18. The molecule has 2 N–H and O–H groups in total. The molecule has 214 valence electrons. The molecule has 0 saturated heterocycles. The van der Waals surface area contributed by atoms with Crippen molar-refractivity contribution in [3.05, 3.63) is 76.5 Å². The first kappa shape index (κ1) is 29.3. The number of fused-ring (bicyclic) bond motifs is 3. The minimum Gasteiger partial charge on any atom is -0.493 e. The first-order valence-electron chi connectivity index (χ1n) is 12.5. The Bertz CT molecular complexity index is 1390. The maximum atomic E-state index is 15.0. The van der Waals surface area contributed by atoms with Crippen LogP contribution in [0.15, 0.2) is 42.6 Å². The second kappa shape index (κ2) is 11.4. The summed E-state index contributed by atoms with van der Waals surface area (Å²) in [6.07, 6.45) is -0.785. The van der Waals surface area contributed by atoms with Crippen molar-refractivity contribution in [2.75, 3.05) is 6.61 Å². The molecule has 40 heavy (non-hydrogen) atoms. The van der Waals surface area contributed by atoms with Gasteiger partial charge in [0.2, 0.25) is 5.88 Å². The summed E-state index contributed by atoms with van der Waals surface area (Å²) >= 11 is 0. The van der Waals surface area contributed by atoms with Crippen molar-refractivity contribution in [1.82, 2.24) is 4.98 Å². The van der Waals surface area contributed by atoms with E-state index in [0.29, 0.717) is 17.9 Å². The molecule has 1 heterocycles. The minimum absolute atomic E-state index is 0.0894. The van der Waals surface area contributed by atoms with Gasteiger partial charge in [0.15, 0.2) is 0 Å². The summed E-state index contributed by atoms with van der Waals surface area (Å²) in [4.78, 5) is 12.6. The first-order valence-corrected chi connectivity index (χ1v) is 12.5. The van der Waals surface area contributed by atoms with Crippen LogP contribution in [0.2, 0.25) is 0 Å². The van der Waals surface area contributed by atoms with Crippen molar-refractivity contribution in [2.24, 2.45) is 5.92 Å². The molecular weight excluding hydrogens is 537 g/mol. The van der Waals surface area contributed by atoms with Crippen LogP contribution in [0.5, 0.6) is 11.6 Å². The smallest absolute Gasteiger partial charge is 0.417 e. The summed E-state index contributed by atoms with van der Waals surface area (Å²) in [7, 11) is 0. The van der Waals surface area contributed by atoms with Gasteiger partial charge in [0.05, 0.1) is 17.8 Å². The Balaban J connectivity index is 0.00000118. The minimum atomic E-state index is -4.91. The fourth-order valence-electron chi connectivity index (χ4n) is 4.77. The molecule has 6 nitrogen and oxygen atoms in total. The van der Waals surface area contributed by atoms with Gasteiger partial charge < -0.3 is 19.7 Å². The van der Waals surface area contributed by atoms with Crippen LogP contribution in [-0.2, 0) is 24.0 Å². The van der Waals surface area contributed by atoms with Gasteiger partial charge in [-0.3, -0.25) is 4.79 Å². The molecule has 2 aliphatic rings. The summed E-state index contributed by atoms with van der Waals surface area (Å²) in [5, 5.41) is 16.7. The molecule has 2 unspecified atom stereocenters. The molecular formula is C29H28F5NO5. The molecule has 2 aromatic carbocycles. The summed E-state index contributed by atoms with van der Waals surface area (Å²) in [6, 6.07) is 6.59. The highest BCUT2D eigenvalue weighted by Crippen LogP contribution is 2.56. The number of rotatable bonds is 8. The Morgan fingerprint density at radius 2 is 1.77 bits per heavy atom. The van der Waals surface area contributed by atoms with Crippen molar-refractivity contribution >= 4 is 6.47 Å².